The molecule has 7 nitrogen and oxygen atoms in total. The maximum atomic E-state index is 13.0. The van der Waals surface area contributed by atoms with Crippen molar-refractivity contribution in [1.29, 1.82) is 0 Å². The minimum absolute atomic E-state index is 0.0662. The molecule has 1 aromatic heterocycles. The number of hydrogen-bond donors (Lipinski definition) is 1. The van der Waals surface area contributed by atoms with Crippen LogP contribution in [0.15, 0.2) is 47.4 Å². The second-order valence-corrected chi connectivity index (χ2v) is 10.9. The molecule has 0 atom stereocenters. The molecule has 0 unspecified atom stereocenters. The van der Waals surface area contributed by atoms with Crippen molar-refractivity contribution in [3.05, 3.63) is 53.9 Å². The number of anilines is 1. The number of carbonyl (C=O) groups excluding carboxylic acids is 1. The molecule has 176 valence electrons. The molecule has 3 aromatic rings. The molecule has 4 rings (SSSR count). The molecule has 0 bridgehead atoms. The Morgan fingerprint density at radius 1 is 1.09 bits per heavy atom. The van der Waals surface area contributed by atoms with Gasteiger partial charge in [-0.2, -0.15) is 4.31 Å². The average Bonchev–Trinajstić information content (AvgIpc) is 3.13. The minimum Gasteiger partial charge on any atom is -0.331 e. The lowest BCUT2D eigenvalue weighted by atomic mass is 10.0. The lowest BCUT2D eigenvalue weighted by Crippen LogP contribution is -2.35. The number of amides is 1. The van der Waals surface area contributed by atoms with E-state index in [2.05, 4.69) is 24.1 Å². The second-order valence-electron chi connectivity index (χ2n) is 8.99. The van der Waals surface area contributed by atoms with E-state index in [1.807, 2.05) is 41.9 Å². The van der Waals surface area contributed by atoms with Crippen LogP contribution in [0.25, 0.3) is 11.0 Å². The fraction of sp³-hybridized carbons (Fsp3) is 0.440. The number of para-hydroxylation sites is 1. The van der Waals surface area contributed by atoms with Crippen LogP contribution >= 0.6 is 0 Å². The summed E-state index contributed by atoms with van der Waals surface area (Å²) < 4.78 is 29.6. The van der Waals surface area contributed by atoms with Gasteiger partial charge in [-0.15, -0.1) is 0 Å². The highest BCUT2D eigenvalue weighted by Crippen LogP contribution is 2.26. The summed E-state index contributed by atoms with van der Waals surface area (Å²) in [5.41, 5.74) is 3.44. The number of imidazole rings is 1. The first-order valence-electron chi connectivity index (χ1n) is 11.6. The summed E-state index contributed by atoms with van der Waals surface area (Å²) in [5, 5.41) is 3.02. The summed E-state index contributed by atoms with van der Waals surface area (Å²) in [7, 11) is -1.61. The van der Waals surface area contributed by atoms with Gasteiger partial charge in [-0.3, -0.25) is 4.79 Å². The van der Waals surface area contributed by atoms with Crippen LogP contribution in [0, 0.1) is 0 Å². The molecular weight excluding hydrogens is 436 g/mol. The summed E-state index contributed by atoms with van der Waals surface area (Å²) >= 11 is 0. The van der Waals surface area contributed by atoms with Crippen LogP contribution in [0.4, 0.5) is 5.69 Å². The zero-order valence-electron chi connectivity index (χ0n) is 19.5. The van der Waals surface area contributed by atoms with Crippen LogP contribution in [0.2, 0.25) is 0 Å². The average molecular weight is 469 g/mol. The molecule has 1 saturated heterocycles. The number of aryl methyl sites for hydroxylation is 2. The van der Waals surface area contributed by atoms with E-state index in [1.54, 1.807) is 16.4 Å². The third-order valence-electron chi connectivity index (χ3n) is 6.33. The van der Waals surface area contributed by atoms with Crippen molar-refractivity contribution in [3.8, 4) is 0 Å². The molecule has 0 aliphatic carbocycles. The molecule has 0 radical (unpaired) electrons. The van der Waals surface area contributed by atoms with Gasteiger partial charge in [-0.1, -0.05) is 38.5 Å². The summed E-state index contributed by atoms with van der Waals surface area (Å²) in [6.07, 6.45) is 3.64. The van der Waals surface area contributed by atoms with Gasteiger partial charge in [-0.05, 0) is 48.6 Å². The molecule has 1 N–H and O–H groups in total. The van der Waals surface area contributed by atoms with E-state index >= 15 is 0 Å². The van der Waals surface area contributed by atoms with Crippen molar-refractivity contribution in [2.45, 2.75) is 56.8 Å². The van der Waals surface area contributed by atoms with Crippen LogP contribution in [0.3, 0.4) is 0 Å². The molecule has 1 aliphatic rings. The van der Waals surface area contributed by atoms with Crippen molar-refractivity contribution < 1.29 is 13.2 Å². The van der Waals surface area contributed by atoms with Gasteiger partial charge in [0, 0.05) is 38.7 Å². The van der Waals surface area contributed by atoms with Gasteiger partial charge in [0.1, 0.15) is 5.82 Å². The van der Waals surface area contributed by atoms with Crippen molar-refractivity contribution in [3.63, 3.8) is 0 Å². The zero-order chi connectivity index (χ0) is 23.6. The van der Waals surface area contributed by atoms with Gasteiger partial charge >= 0.3 is 0 Å². The lowest BCUT2D eigenvalue weighted by Gasteiger charge is -2.25. The van der Waals surface area contributed by atoms with E-state index < -0.39 is 10.0 Å². The van der Waals surface area contributed by atoms with Gasteiger partial charge in [-0.25, -0.2) is 13.4 Å². The van der Waals surface area contributed by atoms with E-state index in [9.17, 15) is 13.2 Å². The Kier molecular flexibility index (Phi) is 6.86. The maximum Gasteiger partial charge on any atom is 0.243 e. The predicted molar refractivity (Wildman–Crippen MR) is 131 cm³/mol. The number of carbonyl (C=O) groups is 1. The third-order valence-corrected chi connectivity index (χ3v) is 8.22. The molecule has 8 heteroatoms. The molecular formula is C25H32N4O3S. The quantitative estimate of drug-likeness (QED) is 0.555. The highest BCUT2D eigenvalue weighted by molar-refractivity contribution is 7.89. The van der Waals surface area contributed by atoms with Gasteiger partial charge in [0.15, 0.2) is 0 Å². The Labute approximate surface area is 195 Å². The van der Waals surface area contributed by atoms with E-state index in [4.69, 9.17) is 0 Å². The zero-order valence-corrected chi connectivity index (χ0v) is 20.4. The van der Waals surface area contributed by atoms with Crippen LogP contribution in [0.5, 0.6) is 0 Å². The van der Waals surface area contributed by atoms with Crippen LogP contribution in [0.1, 0.15) is 56.8 Å². The monoisotopic (exact) mass is 468 g/mol. The minimum atomic E-state index is -3.51. The Morgan fingerprint density at radius 2 is 1.82 bits per heavy atom. The molecule has 2 heterocycles. The van der Waals surface area contributed by atoms with Gasteiger partial charge in [0.2, 0.25) is 15.9 Å². The molecule has 1 aliphatic heterocycles. The first kappa shape index (κ1) is 23.4. The number of aromatic nitrogens is 2. The summed E-state index contributed by atoms with van der Waals surface area (Å²) in [6, 6.07) is 13.0. The van der Waals surface area contributed by atoms with Crippen molar-refractivity contribution in [2.75, 3.05) is 18.4 Å². The number of rotatable bonds is 7. The molecule has 1 fully saturated rings. The van der Waals surface area contributed by atoms with Crippen LogP contribution in [-0.2, 0) is 28.3 Å². The number of hydrogen-bond acceptors (Lipinski definition) is 4. The van der Waals surface area contributed by atoms with Crippen molar-refractivity contribution >= 4 is 32.7 Å². The highest BCUT2D eigenvalue weighted by atomic mass is 32.2. The summed E-state index contributed by atoms with van der Waals surface area (Å²) in [4.78, 5) is 17.6. The molecule has 0 spiro atoms. The molecule has 0 saturated carbocycles. The molecule has 1 amide bonds. The fourth-order valence-electron chi connectivity index (χ4n) is 4.42. The Morgan fingerprint density at radius 3 is 2.55 bits per heavy atom. The first-order chi connectivity index (χ1) is 15.8. The second kappa shape index (κ2) is 9.65. The summed E-state index contributed by atoms with van der Waals surface area (Å²) in [6.45, 7) is 5.35. The SMILES string of the molecule is CC(C)c1ccccc1NC(=O)CCc1nc2cc(S(=O)(=O)N3CCCCC3)ccc2n1C. The number of nitrogens with one attached hydrogen (secondary N) is 1. The maximum absolute atomic E-state index is 13.0. The van der Waals surface area contributed by atoms with E-state index in [1.165, 1.54) is 0 Å². The first-order valence-corrected chi connectivity index (χ1v) is 13.1. The standard InChI is InChI=1S/C25H32N4O3S/c1-18(2)20-9-5-6-10-21(20)27-25(30)14-13-24-26-22-17-19(11-12-23(22)28(24)3)33(31,32)29-15-7-4-8-16-29/h5-6,9-12,17-18H,4,7-8,13-16H2,1-3H3,(H,27,30). The van der Waals surface area contributed by atoms with E-state index in [0.29, 0.717) is 37.4 Å². The van der Waals surface area contributed by atoms with Crippen molar-refractivity contribution in [2.24, 2.45) is 7.05 Å². The van der Waals surface area contributed by atoms with Crippen molar-refractivity contribution in [1.82, 2.24) is 13.9 Å². The smallest absolute Gasteiger partial charge is 0.243 e. The van der Waals surface area contributed by atoms with E-state index in [-0.39, 0.29) is 10.8 Å². The number of sulfonamides is 1. The Balaban J connectivity index is 1.49. The molecule has 2 aromatic carbocycles. The molecule has 33 heavy (non-hydrogen) atoms. The van der Waals surface area contributed by atoms with E-state index in [0.717, 1.165) is 41.9 Å². The Hall–Kier alpha value is -2.71. The Bertz CT molecular complexity index is 1260. The van der Waals surface area contributed by atoms with Gasteiger partial charge < -0.3 is 9.88 Å². The summed E-state index contributed by atoms with van der Waals surface area (Å²) in [5.74, 6) is 1.00. The topological polar surface area (TPSA) is 84.3 Å². The largest absolute Gasteiger partial charge is 0.331 e. The third kappa shape index (κ3) is 4.96. The number of benzene rings is 2. The van der Waals surface area contributed by atoms with Crippen LogP contribution < -0.4 is 5.32 Å². The normalized spacial score (nSPS) is 15.3. The number of nitrogens with zero attached hydrogens (tertiary/aromatic N) is 3. The van der Waals surface area contributed by atoms with Gasteiger partial charge in [0.05, 0.1) is 15.9 Å². The fourth-order valence-corrected chi connectivity index (χ4v) is 5.96. The lowest BCUT2D eigenvalue weighted by molar-refractivity contribution is -0.116. The highest BCUT2D eigenvalue weighted by Gasteiger charge is 2.26. The van der Waals surface area contributed by atoms with Gasteiger partial charge in [0.25, 0.3) is 0 Å². The predicted octanol–water partition coefficient (Wildman–Crippen LogP) is 4.44. The number of piperidine rings is 1. The van der Waals surface area contributed by atoms with Crippen LogP contribution in [-0.4, -0.2) is 41.3 Å². The number of fused-ring (bicyclic) bond motifs is 1.